The van der Waals surface area contributed by atoms with E-state index in [1.165, 1.54) is 22.4 Å². The SMILES string of the molecule is Cc1ccc(CC2CCCN(CN3CC(=O)N(Cc4ccccc4C#N)C3=O)C2)cc1. The molecule has 1 atom stereocenters. The predicted molar refractivity (Wildman–Crippen MR) is 118 cm³/mol. The van der Waals surface area contributed by atoms with Gasteiger partial charge in [-0.25, -0.2) is 4.79 Å². The number of rotatable bonds is 6. The molecule has 1 unspecified atom stereocenters. The fraction of sp³-hybridized carbons (Fsp3) is 0.400. The molecule has 2 aliphatic rings. The third-order valence-corrected chi connectivity index (χ3v) is 6.21. The van der Waals surface area contributed by atoms with Crippen LogP contribution in [0.3, 0.4) is 0 Å². The molecule has 0 radical (unpaired) electrons. The van der Waals surface area contributed by atoms with Crippen LogP contribution in [0.2, 0.25) is 0 Å². The quantitative estimate of drug-likeness (QED) is 0.676. The molecule has 2 aliphatic heterocycles. The fourth-order valence-corrected chi connectivity index (χ4v) is 4.54. The first kappa shape index (κ1) is 21.1. The molecule has 160 valence electrons. The van der Waals surface area contributed by atoms with Crippen LogP contribution in [-0.2, 0) is 17.8 Å². The number of nitriles is 1. The molecule has 4 rings (SSSR count). The smallest absolute Gasteiger partial charge is 0.302 e. The summed E-state index contributed by atoms with van der Waals surface area (Å²) >= 11 is 0. The van der Waals surface area contributed by atoms with Gasteiger partial charge in [-0.15, -0.1) is 0 Å². The molecule has 3 amide bonds. The summed E-state index contributed by atoms with van der Waals surface area (Å²) in [6.07, 6.45) is 3.33. The second-order valence-electron chi connectivity index (χ2n) is 8.65. The molecule has 6 heteroatoms. The standard InChI is InChI=1S/C25H28N4O2/c1-19-8-10-20(11-9-19)13-21-5-4-12-27(15-21)18-28-17-24(30)29(25(28)31)16-23-7-3-2-6-22(23)14-26/h2-3,6-11,21H,4-5,12-13,15-18H2,1H3. The normalized spacial score (nSPS) is 19.7. The lowest BCUT2D eigenvalue weighted by molar-refractivity contribution is -0.125. The van der Waals surface area contributed by atoms with E-state index in [-0.39, 0.29) is 25.0 Å². The average Bonchev–Trinajstić information content (AvgIpc) is 3.03. The lowest BCUT2D eigenvalue weighted by atomic mass is 9.91. The van der Waals surface area contributed by atoms with Gasteiger partial charge in [-0.3, -0.25) is 14.6 Å². The third kappa shape index (κ3) is 4.95. The summed E-state index contributed by atoms with van der Waals surface area (Å²) in [6, 6.07) is 17.7. The lowest BCUT2D eigenvalue weighted by Crippen LogP contribution is -2.45. The molecule has 2 fully saturated rings. The Bertz CT molecular complexity index is 995. The van der Waals surface area contributed by atoms with Crippen LogP contribution < -0.4 is 0 Å². The van der Waals surface area contributed by atoms with Crippen LogP contribution in [0.1, 0.15) is 35.1 Å². The molecule has 0 aliphatic carbocycles. The number of urea groups is 1. The summed E-state index contributed by atoms with van der Waals surface area (Å²) in [5.74, 6) is 0.356. The average molecular weight is 417 g/mol. The van der Waals surface area contributed by atoms with Gasteiger partial charge in [0, 0.05) is 6.54 Å². The number of nitrogens with zero attached hydrogens (tertiary/aromatic N) is 4. The first-order valence-electron chi connectivity index (χ1n) is 10.9. The van der Waals surface area contributed by atoms with E-state index < -0.39 is 0 Å². The summed E-state index contributed by atoms with van der Waals surface area (Å²) < 4.78 is 0. The Hall–Kier alpha value is -3.17. The summed E-state index contributed by atoms with van der Waals surface area (Å²) in [7, 11) is 0. The van der Waals surface area contributed by atoms with Gasteiger partial charge in [0.1, 0.15) is 6.54 Å². The van der Waals surface area contributed by atoms with Gasteiger partial charge in [0.05, 0.1) is 24.8 Å². The first-order valence-corrected chi connectivity index (χ1v) is 10.9. The summed E-state index contributed by atoms with van der Waals surface area (Å²) in [5.41, 5.74) is 3.82. The highest BCUT2D eigenvalue weighted by molar-refractivity contribution is 6.01. The zero-order valence-corrected chi connectivity index (χ0v) is 18.0. The van der Waals surface area contributed by atoms with Crippen molar-refractivity contribution >= 4 is 11.9 Å². The second-order valence-corrected chi connectivity index (χ2v) is 8.65. The van der Waals surface area contributed by atoms with E-state index in [9.17, 15) is 14.9 Å². The number of amides is 3. The molecule has 2 heterocycles. The number of likely N-dealkylation sites (tertiary alicyclic amines) is 1. The summed E-state index contributed by atoms with van der Waals surface area (Å²) in [5, 5.41) is 9.28. The molecule has 31 heavy (non-hydrogen) atoms. The Labute approximate surface area is 183 Å². The predicted octanol–water partition coefficient (Wildman–Crippen LogP) is 3.54. The van der Waals surface area contributed by atoms with Gasteiger partial charge in [-0.2, -0.15) is 5.26 Å². The zero-order valence-electron chi connectivity index (χ0n) is 18.0. The number of aryl methyl sites for hydroxylation is 1. The van der Waals surface area contributed by atoms with Crippen molar-refractivity contribution in [3.8, 4) is 6.07 Å². The van der Waals surface area contributed by atoms with Crippen molar-refractivity contribution < 1.29 is 9.59 Å². The largest absolute Gasteiger partial charge is 0.328 e. The molecule has 6 nitrogen and oxygen atoms in total. The van der Waals surface area contributed by atoms with Gasteiger partial charge in [0.2, 0.25) is 0 Å². The zero-order chi connectivity index (χ0) is 21.8. The van der Waals surface area contributed by atoms with E-state index in [0.717, 1.165) is 25.9 Å². The monoisotopic (exact) mass is 416 g/mol. The molecule has 2 saturated heterocycles. The number of carbonyl (C=O) groups is 2. The van der Waals surface area contributed by atoms with Crippen LogP contribution in [0.25, 0.3) is 0 Å². The molecule has 0 saturated carbocycles. The van der Waals surface area contributed by atoms with Gasteiger partial charge >= 0.3 is 6.03 Å². The Balaban J connectivity index is 1.35. The number of imide groups is 1. The third-order valence-electron chi connectivity index (χ3n) is 6.21. The molecular weight excluding hydrogens is 388 g/mol. The van der Waals surface area contributed by atoms with Crippen molar-refractivity contribution in [1.29, 1.82) is 5.26 Å². The molecule has 0 spiro atoms. The molecule has 0 bridgehead atoms. The lowest BCUT2D eigenvalue weighted by Gasteiger charge is -2.35. The molecular formula is C25H28N4O2. The minimum Gasteiger partial charge on any atom is -0.302 e. The van der Waals surface area contributed by atoms with Crippen molar-refractivity contribution in [2.45, 2.75) is 32.7 Å². The van der Waals surface area contributed by atoms with Crippen LogP contribution in [0, 0.1) is 24.2 Å². The first-order chi connectivity index (χ1) is 15.0. The van der Waals surface area contributed by atoms with Crippen molar-refractivity contribution in [3.63, 3.8) is 0 Å². The number of hydrogen-bond donors (Lipinski definition) is 0. The maximum absolute atomic E-state index is 12.9. The van der Waals surface area contributed by atoms with Crippen molar-refractivity contribution in [3.05, 3.63) is 70.8 Å². The number of benzene rings is 2. The van der Waals surface area contributed by atoms with E-state index in [4.69, 9.17) is 0 Å². The van der Waals surface area contributed by atoms with Gasteiger partial charge in [-0.1, -0.05) is 48.0 Å². The Kier molecular flexibility index (Phi) is 6.34. The van der Waals surface area contributed by atoms with Crippen molar-refractivity contribution in [2.24, 2.45) is 5.92 Å². The Morgan fingerprint density at radius 3 is 2.65 bits per heavy atom. The molecule has 0 aromatic heterocycles. The number of piperidine rings is 1. The number of hydrogen-bond acceptors (Lipinski definition) is 4. The van der Waals surface area contributed by atoms with Crippen molar-refractivity contribution in [2.75, 3.05) is 26.3 Å². The van der Waals surface area contributed by atoms with E-state index in [1.54, 1.807) is 23.1 Å². The van der Waals surface area contributed by atoms with Gasteiger partial charge < -0.3 is 4.90 Å². The minimum atomic E-state index is -0.265. The molecule has 2 aromatic rings. The summed E-state index contributed by atoms with van der Waals surface area (Å²) in [6.45, 7) is 4.71. The molecule has 0 N–H and O–H groups in total. The number of carbonyl (C=O) groups excluding carboxylic acids is 2. The maximum Gasteiger partial charge on any atom is 0.328 e. The Morgan fingerprint density at radius 1 is 1.10 bits per heavy atom. The molecule has 2 aromatic carbocycles. The summed E-state index contributed by atoms with van der Waals surface area (Å²) in [4.78, 5) is 30.6. The van der Waals surface area contributed by atoms with E-state index in [0.29, 0.717) is 23.7 Å². The van der Waals surface area contributed by atoms with E-state index >= 15 is 0 Å². The van der Waals surface area contributed by atoms with Crippen LogP contribution >= 0.6 is 0 Å². The van der Waals surface area contributed by atoms with E-state index in [2.05, 4.69) is 42.2 Å². The fourth-order valence-electron chi connectivity index (χ4n) is 4.54. The second kappa shape index (κ2) is 9.32. The Morgan fingerprint density at radius 2 is 1.87 bits per heavy atom. The van der Waals surface area contributed by atoms with Gasteiger partial charge in [-0.05, 0) is 55.8 Å². The van der Waals surface area contributed by atoms with Crippen LogP contribution in [0.5, 0.6) is 0 Å². The minimum absolute atomic E-state index is 0.104. The highest BCUT2D eigenvalue weighted by Gasteiger charge is 2.37. The van der Waals surface area contributed by atoms with E-state index in [1.807, 2.05) is 6.07 Å². The maximum atomic E-state index is 12.9. The van der Waals surface area contributed by atoms with Crippen LogP contribution in [0.15, 0.2) is 48.5 Å². The van der Waals surface area contributed by atoms with Crippen LogP contribution in [-0.4, -0.2) is 52.9 Å². The highest BCUT2D eigenvalue weighted by atomic mass is 16.2. The topological polar surface area (TPSA) is 67.7 Å². The van der Waals surface area contributed by atoms with Crippen molar-refractivity contribution in [1.82, 2.24) is 14.7 Å². The van der Waals surface area contributed by atoms with Crippen LogP contribution in [0.4, 0.5) is 4.79 Å². The van der Waals surface area contributed by atoms with Gasteiger partial charge in [0.15, 0.2) is 0 Å². The highest BCUT2D eigenvalue weighted by Crippen LogP contribution is 2.23. The van der Waals surface area contributed by atoms with Gasteiger partial charge in [0.25, 0.3) is 5.91 Å².